The quantitative estimate of drug-likeness (QED) is 0.580. The molecule has 2 aromatic carbocycles. The number of nitrogens with zero attached hydrogens (tertiary/aromatic N) is 3. The topological polar surface area (TPSA) is 53.1 Å². The standard InChI is InChI=1S/C26H33N5/c1-31(2)25-22-10-6-7-11-24(22)29-26(30-25)28-21-14-12-20(13-15-21)27-17-19-16-23(19)18-8-4-3-5-9-18/h3-11,19-21,23,27H,12-17H2,1-2H3,(H,28,29,30)/t19?,20?,21?,23-/m0/s1. The summed E-state index contributed by atoms with van der Waals surface area (Å²) < 4.78 is 0. The molecule has 31 heavy (non-hydrogen) atoms. The fraction of sp³-hybridized carbons (Fsp3) is 0.462. The van der Waals surface area contributed by atoms with Gasteiger partial charge in [-0.3, -0.25) is 0 Å². The normalized spacial score (nSPS) is 25.4. The maximum atomic E-state index is 4.81. The summed E-state index contributed by atoms with van der Waals surface area (Å²) in [4.78, 5) is 11.6. The third-order valence-corrected chi connectivity index (χ3v) is 6.89. The molecule has 2 saturated carbocycles. The molecule has 0 spiro atoms. The van der Waals surface area contributed by atoms with E-state index in [1.165, 1.54) is 24.8 Å². The van der Waals surface area contributed by atoms with Crippen molar-refractivity contribution < 1.29 is 0 Å². The van der Waals surface area contributed by atoms with Crippen molar-refractivity contribution in [3.8, 4) is 0 Å². The van der Waals surface area contributed by atoms with Crippen molar-refractivity contribution in [2.24, 2.45) is 5.92 Å². The molecule has 5 heteroatoms. The lowest BCUT2D eigenvalue weighted by Gasteiger charge is -2.30. The first-order valence-corrected chi connectivity index (χ1v) is 11.7. The second-order valence-electron chi connectivity index (χ2n) is 9.40. The van der Waals surface area contributed by atoms with E-state index < -0.39 is 0 Å². The highest BCUT2D eigenvalue weighted by Crippen LogP contribution is 2.47. The molecule has 2 fully saturated rings. The molecule has 2 aliphatic rings. The van der Waals surface area contributed by atoms with Gasteiger partial charge in [0.2, 0.25) is 5.95 Å². The van der Waals surface area contributed by atoms with Crippen LogP contribution in [0.15, 0.2) is 54.6 Å². The van der Waals surface area contributed by atoms with Gasteiger partial charge in [-0.15, -0.1) is 0 Å². The zero-order valence-electron chi connectivity index (χ0n) is 18.6. The van der Waals surface area contributed by atoms with Gasteiger partial charge < -0.3 is 15.5 Å². The molecule has 162 valence electrons. The SMILES string of the molecule is CN(C)c1nc(NC2CCC(NCC3C[C@H]3c3ccccc3)CC2)nc2ccccc12. The molecule has 3 aromatic rings. The first-order chi connectivity index (χ1) is 15.2. The van der Waals surface area contributed by atoms with Gasteiger partial charge in [0.1, 0.15) is 5.82 Å². The molecule has 1 aromatic heterocycles. The Morgan fingerprint density at radius 3 is 2.35 bits per heavy atom. The predicted molar refractivity (Wildman–Crippen MR) is 129 cm³/mol. The molecule has 0 radical (unpaired) electrons. The van der Waals surface area contributed by atoms with E-state index in [2.05, 4.69) is 58.0 Å². The van der Waals surface area contributed by atoms with Gasteiger partial charge >= 0.3 is 0 Å². The predicted octanol–water partition coefficient (Wildman–Crippen LogP) is 4.81. The third-order valence-electron chi connectivity index (χ3n) is 6.89. The minimum Gasteiger partial charge on any atom is -0.362 e. The van der Waals surface area contributed by atoms with Gasteiger partial charge in [-0.05, 0) is 68.2 Å². The van der Waals surface area contributed by atoms with Crippen LogP contribution in [-0.4, -0.2) is 42.7 Å². The van der Waals surface area contributed by atoms with Crippen LogP contribution in [0.3, 0.4) is 0 Å². The summed E-state index contributed by atoms with van der Waals surface area (Å²) in [7, 11) is 4.08. The number of fused-ring (bicyclic) bond motifs is 1. The van der Waals surface area contributed by atoms with Crippen molar-refractivity contribution in [2.75, 3.05) is 30.9 Å². The second-order valence-corrected chi connectivity index (χ2v) is 9.40. The number of nitrogens with one attached hydrogen (secondary N) is 2. The van der Waals surface area contributed by atoms with Crippen molar-refractivity contribution in [1.29, 1.82) is 0 Å². The molecule has 2 atom stereocenters. The largest absolute Gasteiger partial charge is 0.362 e. The molecule has 5 nitrogen and oxygen atoms in total. The number of rotatable bonds is 7. The average molecular weight is 416 g/mol. The molecular formula is C26H33N5. The Morgan fingerprint density at radius 2 is 1.58 bits per heavy atom. The van der Waals surface area contributed by atoms with E-state index >= 15 is 0 Å². The van der Waals surface area contributed by atoms with Gasteiger partial charge in [-0.1, -0.05) is 42.5 Å². The monoisotopic (exact) mass is 415 g/mol. The molecule has 2 N–H and O–H groups in total. The van der Waals surface area contributed by atoms with Crippen LogP contribution >= 0.6 is 0 Å². The van der Waals surface area contributed by atoms with Crippen molar-refractivity contribution >= 4 is 22.7 Å². The van der Waals surface area contributed by atoms with Crippen molar-refractivity contribution in [3.05, 3.63) is 60.2 Å². The van der Waals surface area contributed by atoms with Crippen LogP contribution in [0.5, 0.6) is 0 Å². The fourth-order valence-electron chi connectivity index (χ4n) is 4.99. The van der Waals surface area contributed by atoms with Crippen LogP contribution in [0.4, 0.5) is 11.8 Å². The molecule has 1 heterocycles. The third kappa shape index (κ3) is 4.67. The van der Waals surface area contributed by atoms with Crippen LogP contribution in [0, 0.1) is 5.92 Å². The number of para-hydroxylation sites is 1. The molecule has 0 saturated heterocycles. The van der Waals surface area contributed by atoms with Crippen LogP contribution in [0.25, 0.3) is 10.9 Å². The minimum atomic E-state index is 0.451. The van der Waals surface area contributed by atoms with E-state index in [9.17, 15) is 0 Å². The first-order valence-electron chi connectivity index (χ1n) is 11.7. The van der Waals surface area contributed by atoms with Gasteiger partial charge in [0.05, 0.1) is 5.52 Å². The fourth-order valence-corrected chi connectivity index (χ4v) is 4.99. The van der Waals surface area contributed by atoms with E-state index in [0.717, 1.165) is 53.9 Å². The Morgan fingerprint density at radius 1 is 0.871 bits per heavy atom. The molecule has 1 unspecified atom stereocenters. The lowest BCUT2D eigenvalue weighted by molar-refractivity contribution is 0.349. The number of hydrogen-bond donors (Lipinski definition) is 2. The van der Waals surface area contributed by atoms with Gasteiger partial charge in [0.25, 0.3) is 0 Å². The van der Waals surface area contributed by atoms with E-state index in [1.54, 1.807) is 0 Å². The summed E-state index contributed by atoms with van der Waals surface area (Å²) in [5.41, 5.74) is 2.51. The molecule has 5 rings (SSSR count). The number of anilines is 2. The van der Waals surface area contributed by atoms with E-state index in [-0.39, 0.29) is 0 Å². The summed E-state index contributed by atoms with van der Waals surface area (Å²) in [5.74, 6) is 3.31. The maximum Gasteiger partial charge on any atom is 0.225 e. The lowest BCUT2D eigenvalue weighted by Crippen LogP contribution is -2.38. The van der Waals surface area contributed by atoms with Gasteiger partial charge in [-0.2, -0.15) is 4.98 Å². The molecule has 0 aliphatic heterocycles. The molecular weight excluding hydrogens is 382 g/mol. The van der Waals surface area contributed by atoms with Crippen molar-refractivity contribution in [2.45, 2.75) is 50.1 Å². The van der Waals surface area contributed by atoms with Crippen LogP contribution in [0.1, 0.15) is 43.6 Å². The van der Waals surface area contributed by atoms with Crippen LogP contribution in [0.2, 0.25) is 0 Å². The Balaban J connectivity index is 1.12. The van der Waals surface area contributed by atoms with Gasteiger partial charge in [0, 0.05) is 31.6 Å². The van der Waals surface area contributed by atoms with E-state index in [0.29, 0.717) is 12.1 Å². The smallest absolute Gasteiger partial charge is 0.225 e. The van der Waals surface area contributed by atoms with E-state index in [1.807, 2.05) is 26.2 Å². The van der Waals surface area contributed by atoms with E-state index in [4.69, 9.17) is 9.97 Å². The summed E-state index contributed by atoms with van der Waals surface area (Å²) in [6.07, 6.45) is 6.10. The van der Waals surface area contributed by atoms with Crippen molar-refractivity contribution in [1.82, 2.24) is 15.3 Å². The lowest BCUT2D eigenvalue weighted by atomic mass is 9.91. The molecule has 2 aliphatic carbocycles. The highest BCUT2D eigenvalue weighted by atomic mass is 15.2. The molecule has 0 bridgehead atoms. The average Bonchev–Trinajstić information content (AvgIpc) is 3.58. The number of benzene rings is 2. The van der Waals surface area contributed by atoms with Crippen LogP contribution < -0.4 is 15.5 Å². The Kier molecular flexibility index (Phi) is 5.77. The maximum absolute atomic E-state index is 4.81. The highest BCUT2D eigenvalue weighted by Gasteiger charge is 2.38. The zero-order chi connectivity index (χ0) is 21.2. The Labute approximate surface area is 185 Å². The van der Waals surface area contributed by atoms with Crippen molar-refractivity contribution in [3.63, 3.8) is 0 Å². The van der Waals surface area contributed by atoms with Gasteiger partial charge in [0.15, 0.2) is 0 Å². The number of aromatic nitrogens is 2. The molecule has 0 amide bonds. The summed E-state index contributed by atoms with van der Waals surface area (Å²) >= 11 is 0. The highest BCUT2D eigenvalue weighted by molar-refractivity contribution is 5.90. The Hall–Kier alpha value is -2.66. The Bertz CT molecular complexity index is 1010. The second kappa shape index (κ2) is 8.83. The summed E-state index contributed by atoms with van der Waals surface area (Å²) in [5, 5.41) is 8.57. The summed E-state index contributed by atoms with van der Waals surface area (Å²) in [6, 6.07) is 20.3. The summed E-state index contributed by atoms with van der Waals surface area (Å²) in [6.45, 7) is 1.16. The number of hydrogen-bond acceptors (Lipinski definition) is 5. The zero-order valence-corrected chi connectivity index (χ0v) is 18.6. The first kappa shape index (κ1) is 20.3. The van der Waals surface area contributed by atoms with Gasteiger partial charge in [-0.25, -0.2) is 4.98 Å². The van der Waals surface area contributed by atoms with Crippen LogP contribution in [-0.2, 0) is 0 Å². The minimum absolute atomic E-state index is 0.451.